The van der Waals surface area contributed by atoms with Crippen molar-refractivity contribution in [1.82, 2.24) is 9.55 Å². The highest BCUT2D eigenvalue weighted by atomic mass is 35.5. The Morgan fingerprint density at radius 3 is 2.86 bits per heavy atom. The van der Waals surface area contributed by atoms with Gasteiger partial charge in [-0.05, 0) is 19.1 Å². The third kappa shape index (κ3) is 2.57. The molecule has 0 saturated heterocycles. The molecule has 3 rings (SSSR count). The van der Waals surface area contributed by atoms with Gasteiger partial charge in [0.25, 0.3) is 5.91 Å². The average Bonchev–Trinajstić information content (AvgIpc) is 3.03. The maximum Gasteiger partial charge on any atom is 0.387 e. The largest absolute Gasteiger partial charge is 0.434 e. The molecule has 0 spiro atoms. The molecule has 4 nitrogen and oxygen atoms in total. The molecule has 2 aromatic heterocycles. The van der Waals surface area contributed by atoms with E-state index in [-0.39, 0.29) is 21.6 Å². The van der Waals surface area contributed by atoms with Crippen LogP contribution in [0.4, 0.5) is 8.78 Å². The van der Waals surface area contributed by atoms with Gasteiger partial charge < -0.3 is 4.74 Å². The second-order valence-electron chi connectivity index (χ2n) is 4.48. The summed E-state index contributed by atoms with van der Waals surface area (Å²) in [6.07, 6.45) is 2.95. The van der Waals surface area contributed by atoms with Crippen molar-refractivity contribution in [3.05, 3.63) is 46.3 Å². The lowest BCUT2D eigenvalue weighted by molar-refractivity contribution is -0.0487. The summed E-state index contributed by atoms with van der Waals surface area (Å²) in [5.41, 5.74) is 0.687. The lowest BCUT2D eigenvalue weighted by Crippen LogP contribution is -2.08. The molecule has 0 bridgehead atoms. The molecule has 3 aromatic rings. The maximum absolute atomic E-state index is 12.5. The molecular formula is C14H9ClF2N2O2S. The number of nitrogens with zero attached hydrogens (tertiary/aromatic N) is 2. The van der Waals surface area contributed by atoms with Crippen LogP contribution in [0.2, 0.25) is 5.02 Å². The second-order valence-corrected chi connectivity index (χ2v) is 5.91. The summed E-state index contributed by atoms with van der Waals surface area (Å²) in [6, 6.07) is 4.66. The normalized spacial score (nSPS) is 11.3. The van der Waals surface area contributed by atoms with E-state index in [9.17, 15) is 13.6 Å². The minimum absolute atomic E-state index is 0.0467. The van der Waals surface area contributed by atoms with E-state index in [2.05, 4.69) is 9.72 Å². The molecular weight excluding hydrogens is 334 g/mol. The Labute approximate surface area is 132 Å². The first-order valence-corrected chi connectivity index (χ1v) is 7.38. The van der Waals surface area contributed by atoms with Gasteiger partial charge in [-0.3, -0.25) is 9.36 Å². The number of ether oxygens (including phenoxy) is 1. The van der Waals surface area contributed by atoms with E-state index in [1.807, 2.05) is 0 Å². The lowest BCUT2D eigenvalue weighted by atomic mass is 10.2. The number of aromatic nitrogens is 2. The van der Waals surface area contributed by atoms with Gasteiger partial charge in [0, 0.05) is 10.9 Å². The molecule has 0 amide bonds. The molecule has 114 valence electrons. The van der Waals surface area contributed by atoms with Gasteiger partial charge in [0.1, 0.15) is 17.0 Å². The predicted molar refractivity (Wildman–Crippen MR) is 80.2 cm³/mol. The zero-order valence-corrected chi connectivity index (χ0v) is 12.8. The Morgan fingerprint density at radius 2 is 2.23 bits per heavy atom. The molecule has 0 aliphatic carbocycles. The first-order chi connectivity index (χ1) is 10.5. The van der Waals surface area contributed by atoms with Gasteiger partial charge in [-0.2, -0.15) is 8.78 Å². The quantitative estimate of drug-likeness (QED) is 0.710. The van der Waals surface area contributed by atoms with E-state index in [1.165, 1.54) is 17.0 Å². The smallest absolute Gasteiger partial charge is 0.387 e. The molecule has 0 radical (unpaired) electrons. The SMILES string of the molecule is Cc1cn(C(=O)c2sc3cccc(OC(F)F)c3c2Cl)cn1. The minimum atomic E-state index is -2.96. The highest BCUT2D eigenvalue weighted by molar-refractivity contribution is 7.21. The molecule has 0 N–H and O–H groups in total. The van der Waals surface area contributed by atoms with Crippen molar-refractivity contribution in [1.29, 1.82) is 0 Å². The van der Waals surface area contributed by atoms with Crippen molar-refractivity contribution in [3.63, 3.8) is 0 Å². The third-order valence-corrected chi connectivity index (χ3v) is 4.61. The number of rotatable bonds is 3. The summed E-state index contributed by atoms with van der Waals surface area (Å²) < 4.78 is 31.3. The average molecular weight is 343 g/mol. The van der Waals surface area contributed by atoms with Crippen LogP contribution in [0.15, 0.2) is 30.7 Å². The fraction of sp³-hybridized carbons (Fsp3) is 0.143. The van der Waals surface area contributed by atoms with Gasteiger partial charge in [-0.15, -0.1) is 11.3 Å². The number of hydrogen-bond acceptors (Lipinski definition) is 4. The number of carbonyl (C=O) groups excluding carboxylic acids is 1. The summed E-state index contributed by atoms with van der Waals surface area (Å²) in [5.74, 6) is -0.413. The van der Waals surface area contributed by atoms with Crippen LogP contribution in [0.25, 0.3) is 10.1 Å². The number of fused-ring (bicyclic) bond motifs is 1. The number of benzene rings is 1. The van der Waals surface area contributed by atoms with Crippen LogP contribution < -0.4 is 4.74 Å². The molecule has 0 saturated carbocycles. The number of thiophene rings is 1. The van der Waals surface area contributed by atoms with Crippen LogP contribution in [-0.4, -0.2) is 22.1 Å². The van der Waals surface area contributed by atoms with Gasteiger partial charge in [-0.25, -0.2) is 4.98 Å². The van der Waals surface area contributed by atoms with E-state index in [0.717, 1.165) is 11.3 Å². The number of hydrogen-bond donors (Lipinski definition) is 0. The molecule has 0 atom stereocenters. The van der Waals surface area contributed by atoms with Crippen LogP contribution in [-0.2, 0) is 0 Å². The van der Waals surface area contributed by atoms with Crippen LogP contribution >= 0.6 is 22.9 Å². The number of imidazole rings is 1. The fourth-order valence-corrected chi connectivity index (χ4v) is 3.57. The van der Waals surface area contributed by atoms with E-state index < -0.39 is 6.61 Å². The van der Waals surface area contributed by atoms with Gasteiger partial charge >= 0.3 is 6.61 Å². The standard InChI is InChI=1S/C14H9ClF2N2O2S/c1-7-5-19(6-18-7)13(20)12-11(15)10-8(21-14(16)17)3-2-4-9(10)22-12/h2-6,14H,1H3. The molecule has 0 aliphatic heterocycles. The zero-order chi connectivity index (χ0) is 15.9. The number of halogens is 3. The van der Waals surface area contributed by atoms with Crippen LogP contribution in [0.3, 0.4) is 0 Å². The van der Waals surface area contributed by atoms with Crippen LogP contribution in [0.5, 0.6) is 5.75 Å². The Hall–Kier alpha value is -1.99. The summed E-state index contributed by atoms with van der Waals surface area (Å²) in [4.78, 5) is 16.7. The highest BCUT2D eigenvalue weighted by Crippen LogP contribution is 2.41. The number of carbonyl (C=O) groups is 1. The second kappa shape index (κ2) is 5.66. The van der Waals surface area contributed by atoms with E-state index in [0.29, 0.717) is 15.8 Å². The Kier molecular flexibility index (Phi) is 3.84. The van der Waals surface area contributed by atoms with Gasteiger partial charge in [0.15, 0.2) is 0 Å². The summed E-state index contributed by atoms with van der Waals surface area (Å²) in [5, 5.41) is 0.419. The Morgan fingerprint density at radius 1 is 1.45 bits per heavy atom. The first-order valence-electron chi connectivity index (χ1n) is 6.18. The van der Waals surface area contributed by atoms with Gasteiger partial charge in [0.2, 0.25) is 0 Å². The van der Waals surface area contributed by atoms with Crippen molar-refractivity contribution in [3.8, 4) is 5.75 Å². The summed E-state index contributed by atoms with van der Waals surface area (Å²) in [6.45, 7) is -1.21. The van der Waals surface area contributed by atoms with Crippen molar-refractivity contribution in [2.75, 3.05) is 0 Å². The maximum atomic E-state index is 12.5. The van der Waals surface area contributed by atoms with E-state index >= 15 is 0 Å². The fourth-order valence-electron chi connectivity index (χ4n) is 2.06. The number of alkyl halides is 2. The third-order valence-electron chi connectivity index (χ3n) is 2.98. The van der Waals surface area contributed by atoms with Crippen molar-refractivity contribution >= 4 is 38.9 Å². The molecule has 1 aromatic carbocycles. The monoisotopic (exact) mass is 342 g/mol. The number of aryl methyl sites for hydroxylation is 1. The van der Waals surface area contributed by atoms with Crippen LogP contribution in [0.1, 0.15) is 15.4 Å². The topological polar surface area (TPSA) is 44.1 Å². The summed E-state index contributed by atoms with van der Waals surface area (Å²) >= 11 is 7.35. The van der Waals surface area contributed by atoms with Crippen molar-refractivity contribution < 1.29 is 18.3 Å². The first kappa shape index (κ1) is 14.9. The molecule has 2 heterocycles. The van der Waals surface area contributed by atoms with Crippen molar-refractivity contribution in [2.24, 2.45) is 0 Å². The van der Waals surface area contributed by atoms with Gasteiger partial charge in [-0.1, -0.05) is 17.7 Å². The molecule has 8 heteroatoms. The Balaban J connectivity index is 2.12. The van der Waals surface area contributed by atoms with Crippen LogP contribution in [0, 0.1) is 6.92 Å². The Bertz CT molecular complexity index is 860. The minimum Gasteiger partial charge on any atom is -0.434 e. The van der Waals surface area contributed by atoms with Gasteiger partial charge in [0.05, 0.1) is 16.1 Å². The van der Waals surface area contributed by atoms with Crippen molar-refractivity contribution in [2.45, 2.75) is 13.5 Å². The molecule has 0 aliphatic rings. The zero-order valence-electron chi connectivity index (χ0n) is 11.2. The molecule has 22 heavy (non-hydrogen) atoms. The molecule has 0 unspecified atom stereocenters. The van der Waals surface area contributed by atoms with E-state index in [4.69, 9.17) is 11.6 Å². The molecule has 0 fully saturated rings. The summed E-state index contributed by atoms with van der Waals surface area (Å²) in [7, 11) is 0. The highest BCUT2D eigenvalue weighted by Gasteiger charge is 2.22. The predicted octanol–water partition coefficient (Wildman–Crippen LogP) is 4.35. The van der Waals surface area contributed by atoms with E-state index in [1.54, 1.807) is 25.3 Å². The lowest BCUT2D eigenvalue weighted by Gasteiger charge is -2.05.